The van der Waals surface area contributed by atoms with Crippen LogP contribution in [0.1, 0.15) is 47.4 Å². The molecule has 1 unspecified atom stereocenters. The van der Waals surface area contributed by atoms with Crippen LogP contribution in [0.4, 0.5) is 0 Å². The van der Waals surface area contributed by atoms with E-state index in [0.717, 1.165) is 16.5 Å². The molecule has 5 rings (SSSR count). The summed E-state index contributed by atoms with van der Waals surface area (Å²) < 4.78 is 5.02. The van der Waals surface area contributed by atoms with Gasteiger partial charge in [0, 0.05) is 28.0 Å². The minimum atomic E-state index is -0.290. The van der Waals surface area contributed by atoms with Crippen LogP contribution in [0, 0.1) is 5.92 Å². The van der Waals surface area contributed by atoms with E-state index >= 15 is 0 Å². The molecule has 0 saturated carbocycles. The molecule has 0 aliphatic heterocycles. The van der Waals surface area contributed by atoms with Crippen molar-refractivity contribution < 1.29 is 9.53 Å². The largest absolute Gasteiger partial charge is 0.463 e. The molecule has 3 aliphatic rings. The number of hydrogen-bond donors (Lipinski definition) is 0. The molecule has 0 saturated heterocycles. The monoisotopic (exact) mass is 372 g/mol. The van der Waals surface area contributed by atoms with Crippen molar-refractivity contribution in [3.05, 3.63) is 80.8 Å². The summed E-state index contributed by atoms with van der Waals surface area (Å²) in [4.78, 5) is 11.7. The van der Waals surface area contributed by atoms with Crippen LogP contribution in [0.15, 0.2) is 48.6 Å². The number of esters is 1. The van der Waals surface area contributed by atoms with Crippen molar-refractivity contribution in [2.45, 2.75) is 25.2 Å². The highest BCUT2D eigenvalue weighted by Crippen LogP contribution is 2.58. The maximum atomic E-state index is 11.7. The third-order valence-electron chi connectivity index (χ3n) is 5.24. The van der Waals surface area contributed by atoms with Crippen LogP contribution in [0.3, 0.4) is 0 Å². The zero-order chi connectivity index (χ0) is 17.6. The lowest BCUT2D eigenvalue weighted by Crippen LogP contribution is -2.32. The van der Waals surface area contributed by atoms with Crippen molar-refractivity contribution >= 4 is 29.2 Å². The molecule has 0 heterocycles. The van der Waals surface area contributed by atoms with Gasteiger partial charge in [0.05, 0.1) is 6.61 Å². The predicted molar refractivity (Wildman–Crippen MR) is 100 cm³/mol. The second-order valence-electron chi connectivity index (χ2n) is 6.53. The Morgan fingerprint density at radius 2 is 1.72 bits per heavy atom. The fraction of sp³-hybridized carbons (Fsp3) is 0.286. The predicted octanol–water partition coefficient (Wildman–Crippen LogP) is 5.71. The van der Waals surface area contributed by atoms with E-state index in [1.165, 1.54) is 22.3 Å². The van der Waals surface area contributed by atoms with Crippen molar-refractivity contribution in [3.63, 3.8) is 0 Å². The fourth-order valence-corrected chi connectivity index (χ4v) is 5.01. The molecule has 25 heavy (non-hydrogen) atoms. The fourth-order valence-electron chi connectivity index (χ4n) is 4.38. The number of allylic oxidation sites excluding steroid dienone is 1. The molecular weight excluding hydrogens is 355 g/mol. The molecule has 4 heteroatoms. The number of ether oxygens (including phenoxy) is 1. The molecule has 128 valence electrons. The Balaban J connectivity index is 1.82. The van der Waals surface area contributed by atoms with Crippen LogP contribution in [0.5, 0.6) is 0 Å². The Bertz CT molecular complexity index is 819. The van der Waals surface area contributed by atoms with Crippen molar-refractivity contribution in [1.82, 2.24) is 0 Å². The summed E-state index contributed by atoms with van der Waals surface area (Å²) in [6.07, 6.45) is 4.45. The number of carbonyl (C=O) groups excluding carboxylic acids is 1. The normalized spacial score (nSPS) is 23.4. The van der Waals surface area contributed by atoms with Crippen LogP contribution in [-0.2, 0) is 9.53 Å². The van der Waals surface area contributed by atoms with Crippen molar-refractivity contribution in [1.29, 1.82) is 0 Å². The molecule has 0 amide bonds. The molecular formula is C21H18Cl2O2. The Labute approximate surface area is 157 Å². The quantitative estimate of drug-likeness (QED) is 0.509. The van der Waals surface area contributed by atoms with Gasteiger partial charge in [0.25, 0.3) is 0 Å². The number of benzene rings is 2. The van der Waals surface area contributed by atoms with Gasteiger partial charge in [-0.1, -0.05) is 53.5 Å². The van der Waals surface area contributed by atoms with Crippen LogP contribution in [0.25, 0.3) is 0 Å². The van der Waals surface area contributed by atoms with Gasteiger partial charge in [-0.25, -0.2) is 4.79 Å². The maximum Gasteiger partial charge on any atom is 0.330 e. The number of halogens is 2. The molecule has 2 nitrogen and oxygen atoms in total. The first kappa shape index (κ1) is 16.7. The first-order valence-electron chi connectivity index (χ1n) is 8.53. The second-order valence-corrected chi connectivity index (χ2v) is 7.34. The first-order valence-corrected chi connectivity index (χ1v) is 9.29. The van der Waals surface area contributed by atoms with Crippen molar-refractivity contribution in [2.24, 2.45) is 5.92 Å². The van der Waals surface area contributed by atoms with E-state index < -0.39 is 0 Å². The molecule has 0 N–H and O–H groups in total. The summed E-state index contributed by atoms with van der Waals surface area (Å²) in [5.74, 6) is 0.264. The van der Waals surface area contributed by atoms with Gasteiger partial charge in [0.1, 0.15) is 0 Å². The molecule has 2 aromatic rings. The van der Waals surface area contributed by atoms with Gasteiger partial charge in [0.15, 0.2) is 0 Å². The van der Waals surface area contributed by atoms with Crippen LogP contribution < -0.4 is 0 Å². The summed E-state index contributed by atoms with van der Waals surface area (Å²) in [6.45, 7) is 2.20. The lowest BCUT2D eigenvalue weighted by Gasteiger charge is -2.45. The minimum absolute atomic E-state index is 0.161. The lowest BCUT2D eigenvalue weighted by atomic mass is 9.59. The van der Waals surface area contributed by atoms with E-state index in [9.17, 15) is 4.79 Å². The summed E-state index contributed by atoms with van der Waals surface area (Å²) in [5.41, 5.74) is 4.88. The van der Waals surface area contributed by atoms with E-state index in [0.29, 0.717) is 6.61 Å². The molecule has 3 aliphatic carbocycles. The highest BCUT2D eigenvalue weighted by atomic mass is 35.5. The Morgan fingerprint density at radius 3 is 2.28 bits per heavy atom. The summed E-state index contributed by atoms with van der Waals surface area (Å²) in [7, 11) is 0. The Hall–Kier alpha value is -1.77. The van der Waals surface area contributed by atoms with Gasteiger partial charge in [0.2, 0.25) is 0 Å². The van der Waals surface area contributed by atoms with E-state index in [1.54, 1.807) is 6.08 Å². The number of rotatable bonds is 3. The zero-order valence-corrected chi connectivity index (χ0v) is 15.3. The first-order chi connectivity index (χ1) is 12.1. The average molecular weight is 373 g/mol. The van der Waals surface area contributed by atoms with E-state index in [1.807, 2.05) is 37.3 Å². The van der Waals surface area contributed by atoms with Gasteiger partial charge >= 0.3 is 5.97 Å². The summed E-state index contributed by atoms with van der Waals surface area (Å²) >= 11 is 13.1. The third kappa shape index (κ3) is 2.68. The average Bonchev–Trinajstić information content (AvgIpc) is 2.60. The van der Waals surface area contributed by atoms with E-state index in [4.69, 9.17) is 27.9 Å². The molecule has 0 spiro atoms. The van der Waals surface area contributed by atoms with Crippen LogP contribution in [-0.4, -0.2) is 12.6 Å². The van der Waals surface area contributed by atoms with Gasteiger partial charge in [-0.2, -0.15) is 0 Å². The van der Waals surface area contributed by atoms with Gasteiger partial charge in [-0.05, 0) is 53.6 Å². The lowest BCUT2D eigenvalue weighted by molar-refractivity contribution is -0.137. The minimum Gasteiger partial charge on any atom is -0.463 e. The van der Waals surface area contributed by atoms with E-state index in [-0.39, 0.29) is 23.7 Å². The third-order valence-corrected chi connectivity index (χ3v) is 5.90. The Kier molecular flexibility index (Phi) is 4.35. The number of hydrogen-bond acceptors (Lipinski definition) is 2. The molecule has 0 radical (unpaired) electrons. The smallest absolute Gasteiger partial charge is 0.330 e. The van der Waals surface area contributed by atoms with Crippen molar-refractivity contribution in [3.8, 4) is 0 Å². The SMILES string of the molecule is CCOC(=O)/C=C\C1CC2c3c(Cl)cccc3C1c1cccc(Cl)c12. The summed E-state index contributed by atoms with van der Waals surface area (Å²) in [6, 6.07) is 12.2. The molecule has 2 bridgehead atoms. The number of carbonyl (C=O) groups is 1. The Morgan fingerprint density at radius 1 is 1.12 bits per heavy atom. The molecule has 1 atom stereocenters. The van der Waals surface area contributed by atoms with Crippen molar-refractivity contribution in [2.75, 3.05) is 6.61 Å². The highest BCUT2D eigenvalue weighted by Gasteiger charge is 2.44. The zero-order valence-electron chi connectivity index (χ0n) is 13.8. The molecule has 2 aromatic carbocycles. The molecule has 0 fully saturated rings. The summed E-state index contributed by atoms with van der Waals surface area (Å²) in [5, 5.41) is 1.59. The van der Waals surface area contributed by atoms with E-state index in [2.05, 4.69) is 12.1 Å². The van der Waals surface area contributed by atoms with Gasteiger partial charge in [-0.3, -0.25) is 0 Å². The second kappa shape index (κ2) is 6.51. The van der Waals surface area contributed by atoms with Crippen LogP contribution in [0.2, 0.25) is 10.0 Å². The van der Waals surface area contributed by atoms with Gasteiger partial charge in [-0.15, -0.1) is 0 Å². The van der Waals surface area contributed by atoms with Gasteiger partial charge < -0.3 is 4.74 Å². The molecule has 0 aromatic heterocycles. The maximum absolute atomic E-state index is 11.7. The topological polar surface area (TPSA) is 26.3 Å². The van der Waals surface area contributed by atoms with Crippen LogP contribution >= 0.6 is 23.2 Å². The highest BCUT2D eigenvalue weighted by molar-refractivity contribution is 6.32. The number of fused-ring (bicyclic) bond motifs is 1. The standard InChI is InChI=1S/C21H18Cl2O2/c1-2-25-18(24)10-9-12-11-15-20-13(5-3-7-16(20)22)19(12)14-6-4-8-17(23)21(14)15/h3-10,12,15,19H,2,11H2,1H3/b10-9-.